The Morgan fingerprint density at radius 3 is 1.67 bits per heavy atom. The van der Waals surface area contributed by atoms with Gasteiger partial charge in [0.1, 0.15) is 0 Å². The van der Waals surface area contributed by atoms with E-state index in [1.165, 1.54) is 5.56 Å². The minimum absolute atomic E-state index is 0.566. The maximum atomic E-state index is 6.13. The number of rotatable bonds is 14. The lowest BCUT2D eigenvalue weighted by atomic mass is 10.1. The van der Waals surface area contributed by atoms with Crippen LogP contribution in [0.2, 0.25) is 6.04 Å². The van der Waals surface area contributed by atoms with E-state index in [0.717, 1.165) is 43.7 Å². The van der Waals surface area contributed by atoms with Crippen molar-refractivity contribution < 1.29 is 13.3 Å². The smallest absolute Gasteiger partial charge is 0.373 e. The second-order valence-corrected chi connectivity index (χ2v) is 9.03. The van der Waals surface area contributed by atoms with E-state index in [9.17, 15) is 0 Å². The number of benzene rings is 1. The van der Waals surface area contributed by atoms with Crippen LogP contribution in [0.1, 0.15) is 57.6 Å². The van der Waals surface area contributed by atoms with E-state index in [1.807, 2.05) is 0 Å². The zero-order valence-corrected chi connectivity index (χ0v) is 17.2. The molecule has 0 amide bonds. The van der Waals surface area contributed by atoms with Gasteiger partial charge in [0.25, 0.3) is 0 Å². The molecule has 0 atom stereocenters. The normalized spacial score (nSPS) is 11.8. The summed E-state index contributed by atoms with van der Waals surface area (Å²) in [6.45, 7) is 8.50. The highest BCUT2D eigenvalue weighted by Gasteiger charge is 2.40. The largest absolute Gasteiger partial charge is 0.500 e. The van der Waals surface area contributed by atoms with Crippen molar-refractivity contribution in [3.8, 4) is 0 Å². The minimum Gasteiger partial charge on any atom is -0.373 e. The molecule has 1 rings (SSSR count). The van der Waals surface area contributed by atoms with Gasteiger partial charge < -0.3 is 13.3 Å². The SMILES string of the molecule is CCCO[Si](CCCc1ccc(CCl)cc1)(OCCC)OCCC. The van der Waals surface area contributed by atoms with Crippen molar-refractivity contribution in [1.29, 1.82) is 0 Å². The van der Waals surface area contributed by atoms with Crippen LogP contribution in [0.15, 0.2) is 24.3 Å². The highest BCUT2D eigenvalue weighted by molar-refractivity contribution is 6.60. The Labute approximate surface area is 154 Å². The van der Waals surface area contributed by atoms with Gasteiger partial charge in [-0.3, -0.25) is 0 Å². The van der Waals surface area contributed by atoms with Crippen molar-refractivity contribution in [2.24, 2.45) is 0 Å². The monoisotopic (exact) mass is 372 g/mol. The molecule has 138 valence electrons. The van der Waals surface area contributed by atoms with Crippen molar-refractivity contribution >= 4 is 20.4 Å². The Morgan fingerprint density at radius 2 is 1.25 bits per heavy atom. The van der Waals surface area contributed by atoms with Crippen molar-refractivity contribution in [3.05, 3.63) is 35.4 Å². The quantitative estimate of drug-likeness (QED) is 0.315. The lowest BCUT2D eigenvalue weighted by molar-refractivity contribution is 0.0588. The molecule has 0 fully saturated rings. The first-order valence-electron chi connectivity index (χ1n) is 9.25. The van der Waals surface area contributed by atoms with Crippen LogP contribution in [0.4, 0.5) is 0 Å². The van der Waals surface area contributed by atoms with Gasteiger partial charge in [-0.05, 0) is 43.2 Å². The third-order valence-electron chi connectivity index (χ3n) is 3.70. The molecule has 0 spiro atoms. The first kappa shape index (κ1) is 21.6. The summed E-state index contributed by atoms with van der Waals surface area (Å²) < 4.78 is 18.4. The molecule has 0 aliphatic heterocycles. The Morgan fingerprint density at radius 1 is 0.792 bits per heavy atom. The molecule has 0 heterocycles. The maximum Gasteiger partial charge on any atom is 0.500 e. The Kier molecular flexibility index (Phi) is 11.6. The first-order valence-corrected chi connectivity index (χ1v) is 11.7. The lowest BCUT2D eigenvalue weighted by Gasteiger charge is -2.29. The summed E-state index contributed by atoms with van der Waals surface area (Å²) in [4.78, 5) is 0. The fourth-order valence-corrected chi connectivity index (χ4v) is 5.43. The van der Waals surface area contributed by atoms with Crippen LogP contribution in [-0.4, -0.2) is 28.6 Å². The average molecular weight is 373 g/mol. The van der Waals surface area contributed by atoms with Crippen LogP contribution in [0.25, 0.3) is 0 Å². The number of halogens is 1. The number of hydrogen-bond donors (Lipinski definition) is 0. The van der Waals surface area contributed by atoms with Gasteiger partial charge in [-0.1, -0.05) is 45.0 Å². The van der Waals surface area contributed by atoms with Crippen LogP contribution in [0.5, 0.6) is 0 Å². The van der Waals surface area contributed by atoms with Crippen LogP contribution < -0.4 is 0 Å². The van der Waals surface area contributed by atoms with Gasteiger partial charge in [-0.15, -0.1) is 11.6 Å². The van der Waals surface area contributed by atoms with Crippen molar-refractivity contribution in [2.75, 3.05) is 19.8 Å². The van der Waals surface area contributed by atoms with Crippen molar-refractivity contribution in [2.45, 2.75) is 64.8 Å². The molecule has 0 saturated heterocycles. The molecule has 0 bridgehead atoms. The summed E-state index contributed by atoms with van der Waals surface area (Å²) in [5.74, 6) is 0.566. The van der Waals surface area contributed by atoms with E-state index >= 15 is 0 Å². The molecule has 0 aliphatic carbocycles. The molecule has 3 nitrogen and oxygen atoms in total. The van der Waals surface area contributed by atoms with Crippen LogP contribution >= 0.6 is 11.6 Å². The molecule has 24 heavy (non-hydrogen) atoms. The predicted octanol–water partition coefficient (Wildman–Crippen LogP) is 5.58. The van der Waals surface area contributed by atoms with Gasteiger partial charge in [0, 0.05) is 31.7 Å². The van der Waals surface area contributed by atoms with E-state index in [-0.39, 0.29) is 0 Å². The molecule has 0 unspecified atom stereocenters. The number of aryl methyl sites for hydroxylation is 1. The molecule has 0 aliphatic rings. The third kappa shape index (κ3) is 8.12. The highest BCUT2D eigenvalue weighted by Crippen LogP contribution is 2.21. The van der Waals surface area contributed by atoms with Gasteiger partial charge in [-0.25, -0.2) is 0 Å². The van der Waals surface area contributed by atoms with Gasteiger partial charge in [0.05, 0.1) is 0 Å². The van der Waals surface area contributed by atoms with Crippen molar-refractivity contribution in [3.63, 3.8) is 0 Å². The zero-order valence-electron chi connectivity index (χ0n) is 15.5. The fraction of sp³-hybridized carbons (Fsp3) is 0.684. The highest BCUT2D eigenvalue weighted by atomic mass is 35.5. The molecule has 0 N–H and O–H groups in total. The lowest BCUT2D eigenvalue weighted by Crippen LogP contribution is -2.46. The summed E-state index contributed by atoms with van der Waals surface area (Å²) in [7, 11) is -2.55. The van der Waals surface area contributed by atoms with E-state index in [0.29, 0.717) is 25.7 Å². The van der Waals surface area contributed by atoms with Gasteiger partial charge >= 0.3 is 8.80 Å². The molecule has 1 aromatic carbocycles. The van der Waals surface area contributed by atoms with Crippen molar-refractivity contribution in [1.82, 2.24) is 0 Å². The zero-order chi connectivity index (χ0) is 17.7. The number of alkyl halides is 1. The maximum absolute atomic E-state index is 6.13. The van der Waals surface area contributed by atoms with E-state index in [4.69, 9.17) is 24.9 Å². The summed E-state index contributed by atoms with van der Waals surface area (Å²) in [5, 5.41) is 0. The van der Waals surface area contributed by atoms with Crippen LogP contribution in [0.3, 0.4) is 0 Å². The summed E-state index contributed by atoms with van der Waals surface area (Å²) >= 11 is 5.84. The summed E-state index contributed by atoms with van der Waals surface area (Å²) in [6, 6.07) is 9.40. The van der Waals surface area contributed by atoms with Gasteiger partial charge in [0.15, 0.2) is 0 Å². The first-order chi connectivity index (χ1) is 11.7. The van der Waals surface area contributed by atoms with E-state index in [1.54, 1.807) is 0 Å². The molecule has 5 heteroatoms. The molecule has 0 saturated carbocycles. The topological polar surface area (TPSA) is 27.7 Å². The molecular formula is C19H33ClO3Si. The second-order valence-electron chi connectivity index (χ2n) is 6.03. The van der Waals surface area contributed by atoms with Crippen LogP contribution in [0, 0.1) is 0 Å². The predicted molar refractivity (Wildman–Crippen MR) is 104 cm³/mol. The Hall–Kier alpha value is -0.393. The Bertz CT molecular complexity index is 403. The standard InChI is InChI=1S/C19H33ClO3Si/c1-4-13-21-24(22-14-5-2,23-15-6-3)16-7-8-18-9-11-19(17-20)12-10-18/h9-12H,4-8,13-17H2,1-3H3. The third-order valence-corrected chi connectivity index (χ3v) is 6.91. The van der Waals surface area contributed by atoms with Gasteiger partial charge in [0.2, 0.25) is 0 Å². The van der Waals surface area contributed by atoms with E-state index < -0.39 is 8.80 Å². The summed E-state index contributed by atoms with van der Waals surface area (Å²) in [6.07, 6.45) is 4.99. The molecule has 0 radical (unpaired) electrons. The Balaban J connectivity index is 2.62. The number of hydrogen-bond acceptors (Lipinski definition) is 3. The minimum atomic E-state index is -2.55. The summed E-state index contributed by atoms with van der Waals surface area (Å²) in [5.41, 5.74) is 2.49. The molecule has 1 aromatic rings. The van der Waals surface area contributed by atoms with E-state index in [2.05, 4.69) is 45.0 Å². The molecular weight excluding hydrogens is 340 g/mol. The van der Waals surface area contributed by atoms with Crippen LogP contribution in [-0.2, 0) is 25.6 Å². The molecule has 0 aromatic heterocycles. The average Bonchev–Trinajstić information content (AvgIpc) is 2.63. The van der Waals surface area contributed by atoms with Gasteiger partial charge in [-0.2, -0.15) is 0 Å². The fourth-order valence-electron chi connectivity index (χ4n) is 2.42. The second kappa shape index (κ2) is 12.9.